The Morgan fingerprint density at radius 3 is 2.62 bits per heavy atom. The summed E-state index contributed by atoms with van der Waals surface area (Å²) in [7, 11) is -2.42. The van der Waals surface area contributed by atoms with Crippen LogP contribution < -0.4 is 14.5 Å². The van der Waals surface area contributed by atoms with Gasteiger partial charge in [-0.3, -0.25) is 4.79 Å². The van der Waals surface area contributed by atoms with Gasteiger partial charge in [0.1, 0.15) is 10.7 Å². The summed E-state index contributed by atoms with van der Waals surface area (Å²) in [6.45, 7) is 6.77. The molecule has 0 amide bonds. The molecule has 2 heterocycles. The van der Waals surface area contributed by atoms with E-state index in [2.05, 4.69) is 25.8 Å². The van der Waals surface area contributed by atoms with Crippen LogP contribution in [0.5, 0.6) is 11.5 Å². The molecule has 3 aromatic rings. The Hall–Kier alpha value is -2.10. The second-order valence-electron chi connectivity index (χ2n) is 9.18. The molecular weight excluding hydrogens is 472 g/mol. The maximum atomic E-state index is 13.0. The number of aromatic nitrogens is 2. The lowest BCUT2D eigenvalue weighted by Gasteiger charge is -2.33. The number of ether oxygens (including phenoxy) is 1. The van der Waals surface area contributed by atoms with E-state index in [1.165, 1.54) is 18.1 Å². The molecule has 4 rings (SSSR count). The number of aromatic amines is 1. The molecular formula is C22H25ClN2O5S2. The molecule has 7 nitrogen and oxygen atoms in total. The monoisotopic (exact) mass is 496 g/mol. The van der Waals surface area contributed by atoms with E-state index in [9.17, 15) is 13.2 Å². The van der Waals surface area contributed by atoms with Crippen molar-refractivity contribution in [3.05, 3.63) is 37.9 Å². The summed E-state index contributed by atoms with van der Waals surface area (Å²) in [5.41, 5.74) is 1.62. The number of H-pyrrole nitrogens is 1. The van der Waals surface area contributed by atoms with Crippen LogP contribution in [0.2, 0.25) is 5.02 Å². The summed E-state index contributed by atoms with van der Waals surface area (Å²) in [5, 5.41) is 0.696. The number of hydrogen-bond donors (Lipinski definition) is 1. The topological polar surface area (TPSA) is 98.3 Å². The Morgan fingerprint density at radius 1 is 1.28 bits per heavy atom. The molecule has 0 bridgehead atoms. The first-order chi connectivity index (χ1) is 14.9. The average Bonchev–Trinajstić information content (AvgIpc) is 3.05. The molecule has 1 atom stereocenters. The van der Waals surface area contributed by atoms with Gasteiger partial charge < -0.3 is 13.9 Å². The first-order valence-corrected chi connectivity index (χ1v) is 13.2. The minimum Gasteiger partial charge on any atom is -0.493 e. The van der Waals surface area contributed by atoms with Gasteiger partial charge in [-0.1, -0.05) is 32.4 Å². The van der Waals surface area contributed by atoms with Gasteiger partial charge in [0.25, 0.3) is 5.56 Å². The molecule has 10 heteroatoms. The van der Waals surface area contributed by atoms with Crippen molar-refractivity contribution < 1.29 is 17.3 Å². The maximum absolute atomic E-state index is 13.0. The molecule has 0 spiro atoms. The number of benzene rings is 1. The lowest BCUT2D eigenvalue weighted by atomic mass is 9.72. The number of hydrogen-bond acceptors (Lipinski definition) is 7. The van der Waals surface area contributed by atoms with Crippen LogP contribution in [0.25, 0.3) is 21.6 Å². The van der Waals surface area contributed by atoms with Crippen LogP contribution in [-0.2, 0) is 23.0 Å². The molecule has 1 N–H and O–H groups in total. The summed E-state index contributed by atoms with van der Waals surface area (Å²) in [4.78, 5) is 22.5. The molecule has 0 fully saturated rings. The Bertz CT molecular complexity index is 1370. The molecule has 1 aliphatic carbocycles. The number of aryl methyl sites for hydroxylation is 1. The fraction of sp³-hybridized carbons (Fsp3) is 0.455. The van der Waals surface area contributed by atoms with E-state index in [-0.39, 0.29) is 27.5 Å². The van der Waals surface area contributed by atoms with Gasteiger partial charge in [-0.2, -0.15) is 8.42 Å². The number of nitrogens with zero attached hydrogens (tertiary/aromatic N) is 1. The SMILES string of the molecule is COc1cc(-c2nc3sc4c(c3c(=O)[nH]2)CC[C@@H](C(C)(C)C)C4)cc(Cl)c1OS(C)(=O)=O. The quantitative estimate of drug-likeness (QED) is 0.521. The van der Waals surface area contributed by atoms with Crippen molar-refractivity contribution in [1.29, 1.82) is 0 Å². The highest BCUT2D eigenvalue weighted by molar-refractivity contribution is 7.86. The van der Waals surface area contributed by atoms with E-state index < -0.39 is 10.1 Å². The first kappa shape index (κ1) is 23.1. The molecule has 2 aromatic heterocycles. The first-order valence-electron chi connectivity index (χ1n) is 10.2. The summed E-state index contributed by atoms with van der Waals surface area (Å²) < 4.78 is 33.3. The highest BCUT2D eigenvalue weighted by atomic mass is 35.5. The normalized spacial score (nSPS) is 16.8. The third kappa shape index (κ3) is 4.38. The molecule has 32 heavy (non-hydrogen) atoms. The molecule has 0 saturated carbocycles. The van der Waals surface area contributed by atoms with E-state index in [1.807, 2.05) is 0 Å². The largest absolute Gasteiger partial charge is 0.493 e. The van der Waals surface area contributed by atoms with Gasteiger partial charge in [0.05, 0.1) is 23.8 Å². The second-order valence-corrected chi connectivity index (χ2v) is 12.2. The number of rotatable bonds is 4. The number of fused-ring (bicyclic) bond motifs is 3. The summed E-state index contributed by atoms with van der Waals surface area (Å²) in [5.74, 6) is 0.912. The summed E-state index contributed by atoms with van der Waals surface area (Å²) in [6.07, 6.45) is 3.80. The van der Waals surface area contributed by atoms with Crippen LogP contribution in [0.3, 0.4) is 0 Å². The average molecular weight is 497 g/mol. The van der Waals surface area contributed by atoms with Gasteiger partial charge >= 0.3 is 10.1 Å². The van der Waals surface area contributed by atoms with Crippen molar-refractivity contribution in [2.24, 2.45) is 11.3 Å². The van der Waals surface area contributed by atoms with E-state index in [0.717, 1.165) is 31.1 Å². The van der Waals surface area contributed by atoms with Crippen LogP contribution in [0, 0.1) is 11.3 Å². The van der Waals surface area contributed by atoms with Crippen molar-refractivity contribution in [1.82, 2.24) is 9.97 Å². The van der Waals surface area contributed by atoms with E-state index in [1.54, 1.807) is 17.4 Å². The molecule has 0 unspecified atom stereocenters. The number of methoxy groups -OCH3 is 1. The van der Waals surface area contributed by atoms with Crippen molar-refractivity contribution in [2.45, 2.75) is 40.0 Å². The number of nitrogens with one attached hydrogen (secondary N) is 1. The zero-order chi connectivity index (χ0) is 23.4. The molecule has 0 saturated heterocycles. The predicted octanol–water partition coefficient (Wildman–Crippen LogP) is 4.80. The van der Waals surface area contributed by atoms with Crippen molar-refractivity contribution in [3.63, 3.8) is 0 Å². The summed E-state index contributed by atoms with van der Waals surface area (Å²) in [6, 6.07) is 3.04. The maximum Gasteiger partial charge on any atom is 0.306 e. The molecule has 172 valence electrons. The van der Waals surface area contributed by atoms with Gasteiger partial charge in [0.15, 0.2) is 5.75 Å². The van der Waals surface area contributed by atoms with Crippen LogP contribution in [0.15, 0.2) is 16.9 Å². The minimum absolute atomic E-state index is 0.0333. The minimum atomic E-state index is -3.80. The highest BCUT2D eigenvalue weighted by Crippen LogP contribution is 2.43. The Kier molecular flexibility index (Phi) is 5.80. The molecule has 0 radical (unpaired) electrons. The van der Waals surface area contributed by atoms with E-state index in [0.29, 0.717) is 27.5 Å². The van der Waals surface area contributed by atoms with Crippen molar-refractivity contribution in [2.75, 3.05) is 13.4 Å². The second kappa shape index (κ2) is 8.04. The smallest absolute Gasteiger partial charge is 0.306 e. The van der Waals surface area contributed by atoms with Crippen LogP contribution in [-0.4, -0.2) is 31.8 Å². The van der Waals surface area contributed by atoms with Gasteiger partial charge in [-0.15, -0.1) is 11.3 Å². The van der Waals surface area contributed by atoms with Crippen LogP contribution in [0.4, 0.5) is 0 Å². The Balaban J connectivity index is 1.80. The van der Waals surface area contributed by atoms with Crippen molar-refractivity contribution >= 4 is 43.3 Å². The fourth-order valence-corrected chi connectivity index (χ4v) is 6.22. The van der Waals surface area contributed by atoms with Crippen molar-refractivity contribution in [3.8, 4) is 22.9 Å². The molecule has 0 aliphatic heterocycles. The van der Waals surface area contributed by atoms with Gasteiger partial charge in [0, 0.05) is 10.4 Å². The van der Waals surface area contributed by atoms with Gasteiger partial charge in [-0.05, 0) is 48.3 Å². The van der Waals surface area contributed by atoms with Gasteiger partial charge in [0.2, 0.25) is 5.75 Å². The molecule has 1 aromatic carbocycles. The van der Waals surface area contributed by atoms with Crippen LogP contribution in [0.1, 0.15) is 37.6 Å². The lowest BCUT2D eigenvalue weighted by Crippen LogP contribution is -2.26. The lowest BCUT2D eigenvalue weighted by molar-refractivity contribution is 0.218. The zero-order valence-electron chi connectivity index (χ0n) is 18.5. The number of thiophene rings is 1. The standard InChI is InChI=1S/C22H25ClN2O5S2/c1-22(2,3)12-6-7-13-16(10-12)31-21-17(13)20(26)24-19(25-21)11-8-14(23)18(15(9-11)29-4)30-32(5,27)28/h8-9,12H,6-7,10H2,1-5H3,(H,24,25,26)/t12-/m1/s1. The Labute approximate surface area is 195 Å². The summed E-state index contributed by atoms with van der Waals surface area (Å²) >= 11 is 7.85. The Morgan fingerprint density at radius 2 is 2.00 bits per heavy atom. The third-order valence-corrected chi connectivity index (χ3v) is 7.78. The predicted molar refractivity (Wildman–Crippen MR) is 128 cm³/mol. The fourth-order valence-electron chi connectivity index (χ4n) is 4.15. The number of halogens is 1. The van der Waals surface area contributed by atoms with E-state index in [4.69, 9.17) is 25.5 Å². The molecule has 1 aliphatic rings. The van der Waals surface area contributed by atoms with E-state index >= 15 is 0 Å². The zero-order valence-corrected chi connectivity index (χ0v) is 20.9. The highest BCUT2D eigenvalue weighted by Gasteiger charge is 2.31. The van der Waals surface area contributed by atoms with Gasteiger partial charge in [-0.25, -0.2) is 4.98 Å². The third-order valence-electron chi connectivity index (χ3n) is 5.88. The van der Waals surface area contributed by atoms with Crippen LogP contribution >= 0.6 is 22.9 Å².